The van der Waals surface area contributed by atoms with Gasteiger partial charge in [-0.3, -0.25) is 4.79 Å². The Morgan fingerprint density at radius 2 is 1.68 bits per heavy atom. The number of halogens is 3. The predicted octanol–water partition coefficient (Wildman–Crippen LogP) is 6.29. The van der Waals surface area contributed by atoms with Crippen LogP contribution in [0.1, 0.15) is 80.6 Å². The SMILES string of the molecule is CCCCCCC(CCC)c1ccccc1C(=O)C(F)(F)F. The molecule has 1 nitrogen and oxygen atoms in total. The lowest BCUT2D eigenvalue weighted by Crippen LogP contribution is -2.24. The third-order valence-corrected chi connectivity index (χ3v) is 3.95. The van der Waals surface area contributed by atoms with Crippen molar-refractivity contribution in [1.29, 1.82) is 0 Å². The zero-order chi connectivity index (χ0) is 16.6. The summed E-state index contributed by atoms with van der Waals surface area (Å²) in [5.74, 6) is -1.69. The van der Waals surface area contributed by atoms with Gasteiger partial charge in [-0.1, -0.05) is 70.2 Å². The summed E-state index contributed by atoms with van der Waals surface area (Å²) in [5, 5.41) is 0. The predicted molar refractivity (Wildman–Crippen MR) is 83.2 cm³/mol. The number of unbranched alkanes of at least 4 members (excludes halogenated alkanes) is 3. The van der Waals surface area contributed by atoms with Gasteiger partial charge in [0.25, 0.3) is 5.78 Å². The van der Waals surface area contributed by atoms with Crippen LogP contribution in [0.4, 0.5) is 13.2 Å². The summed E-state index contributed by atoms with van der Waals surface area (Å²) in [6.07, 6.45) is 2.09. The second kappa shape index (κ2) is 8.96. The van der Waals surface area contributed by atoms with Crippen LogP contribution in [-0.2, 0) is 0 Å². The van der Waals surface area contributed by atoms with Gasteiger partial charge in [-0.05, 0) is 24.3 Å². The van der Waals surface area contributed by atoms with Crippen LogP contribution in [-0.4, -0.2) is 12.0 Å². The van der Waals surface area contributed by atoms with Crippen LogP contribution in [0.5, 0.6) is 0 Å². The van der Waals surface area contributed by atoms with E-state index < -0.39 is 12.0 Å². The zero-order valence-electron chi connectivity index (χ0n) is 13.4. The van der Waals surface area contributed by atoms with E-state index in [-0.39, 0.29) is 11.5 Å². The lowest BCUT2D eigenvalue weighted by molar-refractivity contribution is -0.0886. The van der Waals surface area contributed by atoms with E-state index in [1.807, 2.05) is 6.92 Å². The number of hydrogen-bond acceptors (Lipinski definition) is 1. The molecule has 1 unspecified atom stereocenters. The van der Waals surface area contributed by atoms with Gasteiger partial charge in [-0.25, -0.2) is 0 Å². The first-order valence-electron chi connectivity index (χ1n) is 8.12. The zero-order valence-corrected chi connectivity index (χ0v) is 13.4. The molecule has 0 saturated carbocycles. The van der Waals surface area contributed by atoms with Gasteiger partial charge in [-0.2, -0.15) is 13.2 Å². The molecule has 0 saturated heterocycles. The van der Waals surface area contributed by atoms with E-state index in [0.29, 0.717) is 5.56 Å². The standard InChI is InChI=1S/C18H25F3O/c1-3-5-6-7-11-14(10-4-2)15-12-8-9-13-16(15)17(22)18(19,20)21/h8-9,12-14H,3-7,10-11H2,1-2H3. The summed E-state index contributed by atoms with van der Waals surface area (Å²) in [6.45, 7) is 4.15. The van der Waals surface area contributed by atoms with Crippen molar-refractivity contribution in [2.24, 2.45) is 0 Å². The summed E-state index contributed by atoms with van der Waals surface area (Å²) in [6, 6.07) is 6.21. The Bertz CT molecular complexity index is 466. The molecule has 0 aromatic heterocycles. The van der Waals surface area contributed by atoms with E-state index in [0.717, 1.165) is 44.9 Å². The third-order valence-electron chi connectivity index (χ3n) is 3.95. The minimum Gasteiger partial charge on any atom is -0.284 e. The molecule has 1 aromatic carbocycles. The molecule has 1 rings (SSSR count). The van der Waals surface area contributed by atoms with Crippen molar-refractivity contribution in [1.82, 2.24) is 0 Å². The van der Waals surface area contributed by atoms with Crippen LogP contribution >= 0.6 is 0 Å². The minimum absolute atomic E-state index is 0.0318. The topological polar surface area (TPSA) is 17.1 Å². The fraction of sp³-hybridized carbons (Fsp3) is 0.611. The molecule has 1 aromatic rings. The molecule has 22 heavy (non-hydrogen) atoms. The number of alkyl halides is 3. The highest BCUT2D eigenvalue weighted by molar-refractivity contribution is 6.01. The van der Waals surface area contributed by atoms with Gasteiger partial charge in [0.2, 0.25) is 0 Å². The van der Waals surface area contributed by atoms with Gasteiger partial charge in [0.15, 0.2) is 0 Å². The normalized spacial score (nSPS) is 13.1. The molecule has 0 aliphatic rings. The molecular formula is C18H25F3O. The Hall–Kier alpha value is -1.32. The van der Waals surface area contributed by atoms with E-state index in [4.69, 9.17) is 0 Å². The largest absolute Gasteiger partial charge is 0.454 e. The van der Waals surface area contributed by atoms with Crippen LogP contribution in [0.25, 0.3) is 0 Å². The quantitative estimate of drug-likeness (QED) is 0.387. The molecule has 0 bridgehead atoms. The monoisotopic (exact) mass is 314 g/mol. The molecular weight excluding hydrogens is 289 g/mol. The Morgan fingerprint density at radius 1 is 1.00 bits per heavy atom. The van der Waals surface area contributed by atoms with Crippen molar-refractivity contribution in [3.8, 4) is 0 Å². The van der Waals surface area contributed by atoms with E-state index in [1.54, 1.807) is 12.1 Å². The highest BCUT2D eigenvalue weighted by Crippen LogP contribution is 2.33. The molecule has 0 fully saturated rings. The van der Waals surface area contributed by atoms with Crippen molar-refractivity contribution in [3.05, 3.63) is 35.4 Å². The number of Topliss-reactive ketones (excluding diaryl/α,β-unsaturated/α-hetero) is 1. The van der Waals surface area contributed by atoms with Crippen LogP contribution in [0.2, 0.25) is 0 Å². The van der Waals surface area contributed by atoms with E-state index >= 15 is 0 Å². The second-order valence-corrected chi connectivity index (χ2v) is 5.75. The van der Waals surface area contributed by atoms with E-state index in [9.17, 15) is 18.0 Å². The Kier molecular flexibility index (Phi) is 7.63. The molecule has 0 amide bonds. The molecule has 0 heterocycles. The first-order valence-corrected chi connectivity index (χ1v) is 8.12. The van der Waals surface area contributed by atoms with Gasteiger partial charge in [0.05, 0.1) is 0 Å². The summed E-state index contributed by atoms with van der Waals surface area (Å²) in [5.41, 5.74) is 0.382. The van der Waals surface area contributed by atoms with Gasteiger partial charge >= 0.3 is 6.18 Å². The van der Waals surface area contributed by atoms with Gasteiger partial charge in [0.1, 0.15) is 0 Å². The maximum Gasteiger partial charge on any atom is 0.454 e. The molecule has 0 spiro atoms. The van der Waals surface area contributed by atoms with Crippen molar-refractivity contribution in [3.63, 3.8) is 0 Å². The van der Waals surface area contributed by atoms with E-state index in [2.05, 4.69) is 6.92 Å². The number of carbonyl (C=O) groups excluding carboxylic acids is 1. The molecule has 0 N–H and O–H groups in total. The van der Waals surface area contributed by atoms with Crippen LogP contribution < -0.4 is 0 Å². The summed E-state index contributed by atoms with van der Waals surface area (Å²) in [4.78, 5) is 11.6. The smallest absolute Gasteiger partial charge is 0.284 e. The number of rotatable bonds is 9. The van der Waals surface area contributed by atoms with Crippen molar-refractivity contribution < 1.29 is 18.0 Å². The molecule has 4 heteroatoms. The molecule has 0 aliphatic carbocycles. The Morgan fingerprint density at radius 3 is 2.27 bits per heavy atom. The minimum atomic E-state index is -4.81. The highest BCUT2D eigenvalue weighted by Gasteiger charge is 2.40. The molecule has 1 atom stereocenters. The first-order chi connectivity index (χ1) is 10.4. The fourth-order valence-electron chi connectivity index (χ4n) is 2.83. The summed E-state index contributed by atoms with van der Waals surface area (Å²) >= 11 is 0. The Labute approximate surface area is 130 Å². The lowest BCUT2D eigenvalue weighted by Gasteiger charge is -2.20. The number of carbonyl (C=O) groups is 1. The van der Waals surface area contributed by atoms with E-state index in [1.165, 1.54) is 12.1 Å². The molecule has 0 radical (unpaired) electrons. The summed E-state index contributed by atoms with van der Waals surface area (Å²) in [7, 11) is 0. The van der Waals surface area contributed by atoms with Crippen molar-refractivity contribution in [2.75, 3.05) is 0 Å². The van der Waals surface area contributed by atoms with Crippen LogP contribution in [0.3, 0.4) is 0 Å². The highest BCUT2D eigenvalue weighted by atomic mass is 19.4. The molecule has 0 aliphatic heterocycles. The lowest BCUT2D eigenvalue weighted by atomic mass is 9.85. The second-order valence-electron chi connectivity index (χ2n) is 5.75. The van der Waals surface area contributed by atoms with Gasteiger partial charge in [-0.15, -0.1) is 0 Å². The maximum atomic E-state index is 12.8. The number of hydrogen-bond donors (Lipinski definition) is 0. The average Bonchev–Trinajstić information content (AvgIpc) is 2.49. The third kappa shape index (κ3) is 5.47. The molecule has 124 valence electrons. The Balaban J connectivity index is 2.97. The van der Waals surface area contributed by atoms with Gasteiger partial charge < -0.3 is 0 Å². The number of benzene rings is 1. The average molecular weight is 314 g/mol. The number of ketones is 1. The van der Waals surface area contributed by atoms with Crippen LogP contribution in [0.15, 0.2) is 24.3 Å². The summed E-state index contributed by atoms with van der Waals surface area (Å²) < 4.78 is 38.3. The first kappa shape index (κ1) is 18.7. The van der Waals surface area contributed by atoms with Crippen molar-refractivity contribution >= 4 is 5.78 Å². The maximum absolute atomic E-state index is 12.8. The van der Waals surface area contributed by atoms with Crippen molar-refractivity contribution in [2.45, 2.75) is 70.9 Å². The van der Waals surface area contributed by atoms with Gasteiger partial charge in [0, 0.05) is 5.56 Å². The fourth-order valence-corrected chi connectivity index (χ4v) is 2.83. The van der Waals surface area contributed by atoms with Crippen LogP contribution in [0, 0.1) is 0 Å².